The third-order valence-electron chi connectivity index (χ3n) is 2.38. The van der Waals surface area contributed by atoms with E-state index < -0.39 is 0 Å². The first-order chi connectivity index (χ1) is 8.50. The van der Waals surface area contributed by atoms with Crippen molar-refractivity contribution < 1.29 is 9.53 Å². The largest absolute Gasteiger partial charge is 0.483 e. The monoisotopic (exact) mass is 267 g/mol. The molecule has 0 unspecified atom stereocenters. The maximum absolute atomic E-state index is 11.5. The molecule has 0 aliphatic carbocycles. The molecular weight excluding hydrogens is 250 g/mol. The number of para-hydroxylation sites is 1. The predicted molar refractivity (Wildman–Crippen MR) is 74.0 cm³/mol. The number of nitrogens with one attached hydrogen (secondary N) is 1. The summed E-state index contributed by atoms with van der Waals surface area (Å²) in [5.74, 6) is 0.884. The lowest BCUT2D eigenvalue weighted by atomic mass is 10.0. The van der Waals surface area contributed by atoms with Gasteiger partial charge >= 0.3 is 0 Å². The van der Waals surface area contributed by atoms with Crippen LogP contribution in [-0.2, 0) is 4.79 Å². The first-order valence-electron chi connectivity index (χ1n) is 5.82. The summed E-state index contributed by atoms with van der Waals surface area (Å²) in [5, 5.41) is 3.00. The molecule has 1 rings (SSSR count). The highest BCUT2D eigenvalue weighted by Crippen LogP contribution is 2.25. The molecule has 1 amide bonds. The van der Waals surface area contributed by atoms with E-state index >= 15 is 0 Å². The fraction of sp³-hybridized carbons (Fsp3) is 0.357. The average molecular weight is 268 g/mol. The molecule has 0 heterocycles. The first-order valence-corrected chi connectivity index (χ1v) is 6.20. The highest BCUT2D eigenvalue weighted by atomic mass is 35.5. The molecular formula is C14H18ClNO2. The zero-order valence-electron chi connectivity index (χ0n) is 10.7. The molecule has 98 valence electrons. The van der Waals surface area contributed by atoms with Crippen LogP contribution >= 0.6 is 11.6 Å². The van der Waals surface area contributed by atoms with Crippen molar-refractivity contribution in [1.29, 1.82) is 0 Å². The summed E-state index contributed by atoms with van der Waals surface area (Å²) in [5.41, 5.74) is 1.09. The van der Waals surface area contributed by atoms with Crippen molar-refractivity contribution in [1.82, 2.24) is 5.32 Å². The van der Waals surface area contributed by atoms with Crippen molar-refractivity contribution in [2.75, 3.05) is 13.2 Å². The molecule has 1 N–H and O–H groups in total. The molecule has 0 aliphatic rings. The number of hydrogen-bond acceptors (Lipinski definition) is 2. The fourth-order valence-electron chi connectivity index (χ4n) is 1.48. The molecule has 0 atom stereocenters. The molecule has 0 radical (unpaired) electrons. The van der Waals surface area contributed by atoms with Crippen LogP contribution in [0.5, 0.6) is 5.75 Å². The van der Waals surface area contributed by atoms with Crippen molar-refractivity contribution in [2.45, 2.75) is 19.8 Å². The number of halogens is 1. The number of amides is 1. The predicted octanol–water partition coefficient (Wildman–Crippen LogP) is 3.06. The van der Waals surface area contributed by atoms with Gasteiger partial charge in [-0.1, -0.05) is 50.2 Å². The Hall–Kier alpha value is -1.48. The topological polar surface area (TPSA) is 38.3 Å². The summed E-state index contributed by atoms with van der Waals surface area (Å²) in [7, 11) is 0. The fourth-order valence-corrected chi connectivity index (χ4v) is 1.54. The summed E-state index contributed by atoms with van der Waals surface area (Å²) in [6.07, 6.45) is 0. The molecule has 0 bridgehead atoms. The number of carbonyl (C=O) groups is 1. The summed E-state index contributed by atoms with van der Waals surface area (Å²) < 4.78 is 5.51. The van der Waals surface area contributed by atoms with E-state index in [0.717, 1.165) is 11.3 Å². The van der Waals surface area contributed by atoms with Gasteiger partial charge in [-0.05, 0) is 17.5 Å². The van der Waals surface area contributed by atoms with Gasteiger partial charge in [0.15, 0.2) is 6.61 Å². The van der Waals surface area contributed by atoms with Crippen LogP contribution in [0.15, 0.2) is 35.9 Å². The first kappa shape index (κ1) is 14.6. The Kier molecular flexibility index (Phi) is 5.72. The summed E-state index contributed by atoms with van der Waals surface area (Å²) in [6, 6.07) is 7.71. The van der Waals surface area contributed by atoms with Crippen LogP contribution in [0.4, 0.5) is 0 Å². The van der Waals surface area contributed by atoms with Crippen LogP contribution in [0.1, 0.15) is 25.3 Å². The van der Waals surface area contributed by atoms with E-state index in [4.69, 9.17) is 16.3 Å². The molecule has 0 saturated heterocycles. The van der Waals surface area contributed by atoms with Gasteiger partial charge in [-0.2, -0.15) is 0 Å². The average Bonchev–Trinajstić information content (AvgIpc) is 2.34. The van der Waals surface area contributed by atoms with Gasteiger partial charge in [0.05, 0.1) is 6.54 Å². The van der Waals surface area contributed by atoms with Crippen molar-refractivity contribution in [3.8, 4) is 5.75 Å². The standard InChI is InChI=1S/C14H18ClNO2/c1-10(2)12-6-4-5-7-13(12)18-9-14(17)16-8-11(3)15/h4-7,10H,3,8-9H2,1-2H3,(H,16,17). The number of ether oxygens (including phenoxy) is 1. The van der Waals surface area contributed by atoms with Gasteiger partial charge in [0.1, 0.15) is 5.75 Å². The molecule has 0 fully saturated rings. The summed E-state index contributed by atoms with van der Waals surface area (Å²) in [4.78, 5) is 11.5. The molecule has 0 aliphatic heterocycles. The van der Waals surface area contributed by atoms with Gasteiger partial charge in [0, 0.05) is 5.03 Å². The van der Waals surface area contributed by atoms with Crippen LogP contribution in [0.2, 0.25) is 0 Å². The van der Waals surface area contributed by atoms with Crippen molar-refractivity contribution in [3.63, 3.8) is 0 Å². The zero-order valence-corrected chi connectivity index (χ0v) is 11.5. The van der Waals surface area contributed by atoms with Gasteiger partial charge in [0.25, 0.3) is 5.91 Å². The van der Waals surface area contributed by atoms with Crippen LogP contribution < -0.4 is 10.1 Å². The lowest BCUT2D eigenvalue weighted by molar-refractivity contribution is -0.122. The molecule has 18 heavy (non-hydrogen) atoms. The summed E-state index contributed by atoms with van der Waals surface area (Å²) >= 11 is 5.56. The molecule has 4 heteroatoms. The Bertz CT molecular complexity index is 430. The summed E-state index contributed by atoms with van der Waals surface area (Å²) in [6.45, 7) is 7.90. The minimum absolute atomic E-state index is 0.0199. The van der Waals surface area contributed by atoms with Crippen LogP contribution in [0, 0.1) is 0 Å². The van der Waals surface area contributed by atoms with E-state index in [1.54, 1.807) is 0 Å². The third kappa shape index (κ3) is 4.80. The number of carbonyl (C=O) groups excluding carboxylic acids is 1. The molecule has 0 spiro atoms. The van der Waals surface area contributed by atoms with Gasteiger partial charge < -0.3 is 10.1 Å². The van der Waals surface area contributed by atoms with E-state index in [1.165, 1.54) is 0 Å². The second-order valence-corrected chi connectivity index (χ2v) is 4.81. The van der Waals surface area contributed by atoms with Crippen molar-refractivity contribution in [2.24, 2.45) is 0 Å². The lowest BCUT2D eigenvalue weighted by Gasteiger charge is -2.13. The highest BCUT2D eigenvalue weighted by Gasteiger charge is 2.08. The van der Waals surface area contributed by atoms with Gasteiger partial charge in [-0.15, -0.1) is 0 Å². The van der Waals surface area contributed by atoms with Gasteiger partial charge in [0.2, 0.25) is 0 Å². The lowest BCUT2D eigenvalue weighted by Crippen LogP contribution is -2.29. The van der Waals surface area contributed by atoms with Crippen LogP contribution in [0.25, 0.3) is 0 Å². The smallest absolute Gasteiger partial charge is 0.258 e. The normalized spacial score (nSPS) is 10.2. The van der Waals surface area contributed by atoms with Gasteiger partial charge in [-0.3, -0.25) is 4.79 Å². The van der Waals surface area contributed by atoms with Gasteiger partial charge in [-0.25, -0.2) is 0 Å². The minimum atomic E-state index is -0.213. The number of rotatable bonds is 6. The van der Waals surface area contributed by atoms with Crippen LogP contribution in [-0.4, -0.2) is 19.1 Å². The van der Waals surface area contributed by atoms with E-state index in [9.17, 15) is 4.79 Å². The quantitative estimate of drug-likeness (QED) is 0.860. The Morgan fingerprint density at radius 1 is 1.44 bits per heavy atom. The van der Waals surface area contributed by atoms with E-state index in [-0.39, 0.29) is 19.1 Å². The second-order valence-electron chi connectivity index (χ2n) is 4.28. The molecule has 0 aromatic heterocycles. The van der Waals surface area contributed by atoms with E-state index in [2.05, 4.69) is 25.7 Å². The molecule has 0 saturated carbocycles. The third-order valence-corrected chi connectivity index (χ3v) is 2.51. The second kappa shape index (κ2) is 7.07. The molecule has 1 aromatic carbocycles. The molecule has 3 nitrogen and oxygen atoms in total. The zero-order chi connectivity index (χ0) is 13.5. The maximum atomic E-state index is 11.5. The SMILES string of the molecule is C=C(Cl)CNC(=O)COc1ccccc1C(C)C. The van der Waals surface area contributed by atoms with E-state index in [1.807, 2.05) is 24.3 Å². The number of benzene rings is 1. The van der Waals surface area contributed by atoms with E-state index in [0.29, 0.717) is 11.0 Å². The Labute approximate surface area is 113 Å². The highest BCUT2D eigenvalue weighted by molar-refractivity contribution is 6.29. The Morgan fingerprint density at radius 3 is 2.72 bits per heavy atom. The van der Waals surface area contributed by atoms with Crippen LogP contribution in [0.3, 0.4) is 0 Å². The van der Waals surface area contributed by atoms with Crippen molar-refractivity contribution >= 4 is 17.5 Å². The number of hydrogen-bond donors (Lipinski definition) is 1. The maximum Gasteiger partial charge on any atom is 0.258 e. The van der Waals surface area contributed by atoms with Crippen molar-refractivity contribution in [3.05, 3.63) is 41.4 Å². The minimum Gasteiger partial charge on any atom is -0.483 e. The Morgan fingerprint density at radius 2 is 2.11 bits per heavy atom. The molecule has 1 aromatic rings. The Balaban J connectivity index is 2.53.